The van der Waals surface area contributed by atoms with Crippen molar-refractivity contribution in [2.45, 2.75) is 26.3 Å². The van der Waals surface area contributed by atoms with Crippen molar-refractivity contribution in [3.05, 3.63) is 0 Å². The Hall–Kier alpha value is -0.120. The van der Waals surface area contributed by atoms with Gasteiger partial charge >= 0.3 is 0 Å². The van der Waals surface area contributed by atoms with Crippen molar-refractivity contribution in [2.24, 2.45) is 11.8 Å². The van der Waals surface area contributed by atoms with Crippen molar-refractivity contribution in [1.29, 1.82) is 0 Å². The van der Waals surface area contributed by atoms with Gasteiger partial charge in [-0.25, -0.2) is 0 Å². The maximum absolute atomic E-state index is 5.45. The van der Waals surface area contributed by atoms with Gasteiger partial charge in [0.25, 0.3) is 0 Å². The van der Waals surface area contributed by atoms with Crippen LogP contribution in [0.4, 0.5) is 0 Å². The molecule has 0 bridgehead atoms. The second-order valence-corrected chi connectivity index (χ2v) is 5.32. The Balaban J connectivity index is 1.90. The van der Waals surface area contributed by atoms with Gasteiger partial charge < -0.3 is 10.1 Å². The van der Waals surface area contributed by atoms with Crippen molar-refractivity contribution in [2.75, 3.05) is 39.4 Å². The fourth-order valence-corrected chi connectivity index (χ4v) is 3.20. The molecule has 0 aromatic heterocycles. The molecular weight excluding hydrogens is 188 g/mol. The average Bonchev–Trinajstić information content (AvgIpc) is 2.72. The van der Waals surface area contributed by atoms with Gasteiger partial charge in [0.15, 0.2) is 0 Å². The Morgan fingerprint density at radius 1 is 1.40 bits per heavy atom. The zero-order valence-electron chi connectivity index (χ0n) is 10.3. The molecule has 2 saturated heterocycles. The van der Waals surface area contributed by atoms with Crippen LogP contribution in [0.1, 0.15) is 20.8 Å². The summed E-state index contributed by atoms with van der Waals surface area (Å²) >= 11 is 0. The fraction of sp³-hybridized carbons (Fsp3) is 1.00. The second kappa shape index (κ2) is 4.40. The predicted octanol–water partition coefficient (Wildman–Crippen LogP) is 0.953. The van der Waals surface area contributed by atoms with E-state index in [1.54, 1.807) is 0 Å². The van der Waals surface area contributed by atoms with Crippen LogP contribution in [-0.4, -0.2) is 49.8 Å². The van der Waals surface area contributed by atoms with Crippen LogP contribution in [0.25, 0.3) is 0 Å². The standard InChI is InChI=1S/C12H24N2O/c1-4-15-6-5-14-9-10-7-13-8-11(10)12(14,2)3/h10-11,13H,4-9H2,1-3H3. The predicted molar refractivity (Wildman–Crippen MR) is 62.0 cm³/mol. The summed E-state index contributed by atoms with van der Waals surface area (Å²) in [4.78, 5) is 2.61. The number of rotatable bonds is 4. The minimum absolute atomic E-state index is 0.352. The van der Waals surface area contributed by atoms with Crippen molar-refractivity contribution in [3.63, 3.8) is 0 Å². The first-order valence-electron chi connectivity index (χ1n) is 6.19. The smallest absolute Gasteiger partial charge is 0.0593 e. The highest BCUT2D eigenvalue weighted by Crippen LogP contribution is 2.40. The Kier molecular flexibility index (Phi) is 3.33. The molecule has 0 aliphatic carbocycles. The molecule has 15 heavy (non-hydrogen) atoms. The Morgan fingerprint density at radius 2 is 2.20 bits per heavy atom. The van der Waals surface area contributed by atoms with Gasteiger partial charge in [0, 0.05) is 31.8 Å². The molecular formula is C12H24N2O. The highest BCUT2D eigenvalue weighted by atomic mass is 16.5. The number of fused-ring (bicyclic) bond motifs is 1. The minimum atomic E-state index is 0.352. The topological polar surface area (TPSA) is 24.5 Å². The summed E-state index contributed by atoms with van der Waals surface area (Å²) in [5, 5.41) is 3.51. The van der Waals surface area contributed by atoms with Gasteiger partial charge in [0.05, 0.1) is 6.61 Å². The number of nitrogens with one attached hydrogen (secondary N) is 1. The summed E-state index contributed by atoms with van der Waals surface area (Å²) < 4.78 is 5.45. The molecule has 2 aliphatic heterocycles. The Labute approximate surface area is 93.2 Å². The molecule has 0 radical (unpaired) electrons. The lowest BCUT2D eigenvalue weighted by Gasteiger charge is -2.35. The first-order chi connectivity index (χ1) is 7.16. The largest absolute Gasteiger partial charge is 0.380 e. The maximum atomic E-state index is 5.45. The number of hydrogen-bond donors (Lipinski definition) is 1. The lowest BCUT2D eigenvalue weighted by atomic mass is 9.85. The van der Waals surface area contributed by atoms with Crippen LogP contribution in [0.5, 0.6) is 0 Å². The molecule has 1 N–H and O–H groups in total. The van der Waals surface area contributed by atoms with Crippen LogP contribution in [0.15, 0.2) is 0 Å². The van der Waals surface area contributed by atoms with E-state index < -0.39 is 0 Å². The first-order valence-corrected chi connectivity index (χ1v) is 6.19. The van der Waals surface area contributed by atoms with Gasteiger partial charge in [-0.3, -0.25) is 4.90 Å². The zero-order chi connectivity index (χ0) is 10.9. The van der Waals surface area contributed by atoms with E-state index in [0.717, 1.165) is 31.6 Å². The Bertz CT molecular complexity index is 218. The first kappa shape index (κ1) is 11.4. The van der Waals surface area contributed by atoms with Gasteiger partial charge in [-0.1, -0.05) is 0 Å². The van der Waals surface area contributed by atoms with E-state index >= 15 is 0 Å². The average molecular weight is 212 g/mol. The number of likely N-dealkylation sites (tertiary alicyclic amines) is 1. The molecule has 2 rings (SSSR count). The number of nitrogens with zero attached hydrogens (tertiary/aromatic N) is 1. The SMILES string of the molecule is CCOCCN1CC2CNCC2C1(C)C. The third-order valence-electron chi connectivity index (χ3n) is 4.23. The summed E-state index contributed by atoms with van der Waals surface area (Å²) in [6.07, 6.45) is 0. The molecule has 2 atom stereocenters. The molecule has 0 aromatic rings. The normalized spacial score (nSPS) is 34.6. The molecule has 2 heterocycles. The molecule has 0 aromatic carbocycles. The van der Waals surface area contributed by atoms with Gasteiger partial charge in [-0.15, -0.1) is 0 Å². The zero-order valence-corrected chi connectivity index (χ0v) is 10.3. The second-order valence-electron chi connectivity index (χ2n) is 5.32. The molecule has 2 aliphatic rings. The minimum Gasteiger partial charge on any atom is -0.380 e. The molecule has 0 amide bonds. The van der Waals surface area contributed by atoms with E-state index in [9.17, 15) is 0 Å². The van der Waals surface area contributed by atoms with E-state index in [1.807, 2.05) is 0 Å². The molecule has 0 spiro atoms. The molecule has 88 valence electrons. The van der Waals surface area contributed by atoms with E-state index in [1.165, 1.54) is 19.6 Å². The summed E-state index contributed by atoms with van der Waals surface area (Å²) in [5.74, 6) is 1.70. The van der Waals surface area contributed by atoms with Crippen molar-refractivity contribution in [1.82, 2.24) is 10.2 Å². The summed E-state index contributed by atoms with van der Waals surface area (Å²) in [7, 11) is 0. The summed E-state index contributed by atoms with van der Waals surface area (Å²) in [6.45, 7) is 13.3. The summed E-state index contributed by atoms with van der Waals surface area (Å²) in [5.41, 5.74) is 0.352. The van der Waals surface area contributed by atoms with Gasteiger partial charge in [-0.2, -0.15) is 0 Å². The molecule has 2 fully saturated rings. The molecule has 2 unspecified atom stereocenters. The van der Waals surface area contributed by atoms with Gasteiger partial charge in [0.2, 0.25) is 0 Å². The summed E-state index contributed by atoms with van der Waals surface area (Å²) in [6, 6.07) is 0. The van der Waals surface area contributed by atoms with Crippen LogP contribution in [0.3, 0.4) is 0 Å². The number of hydrogen-bond acceptors (Lipinski definition) is 3. The third-order valence-corrected chi connectivity index (χ3v) is 4.23. The highest BCUT2D eigenvalue weighted by molar-refractivity contribution is 5.04. The third kappa shape index (κ3) is 2.05. The Morgan fingerprint density at radius 3 is 2.87 bits per heavy atom. The van der Waals surface area contributed by atoms with Crippen molar-refractivity contribution in [3.8, 4) is 0 Å². The quantitative estimate of drug-likeness (QED) is 0.702. The van der Waals surface area contributed by atoms with Crippen LogP contribution < -0.4 is 5.32 Å². The van der Waals surface area contributed by atoms with Crippen LogP contribution in [0.2, 0.25) is 0 Å². The van der Waals surface area contributed by atoms with Crippen LogP contribution in [0, 0.1) is 11.8 Å². The molecule has 3 heteroatoms. The highest BCUT2D eigenvalue weighted by Gasteiger charge is 2.48. The maximum Gasteiger partial charge on any atom is 0.0593 e. The lowest BCUT2D eigenvalue weighted by molar-refractivity contribution is 0.0745. The fourth-order valence-electron chi connectivity index (χ4n) is 3.20. The van der Waals surface area contributed by atoms with Gasteiger partial charge in [0.1, 0.15) is 0 Å². The van der Waals surface area contributed by atoms with E-state index in [0.29, 0.717) is 5.54 Å². The van der Waals surface area contributed by atoms with Crippen molar-refractivity contribution < 1.29 is 4.74 Å². The lowest BCUT2D eigenvalue weighted by Crippen LogP contribution is -2.45. The monoisotopic (exact) mass is 212 g/mol. The van der Waals surface area contributed by atoms with Gasteiger partial charge in [-0.05, 0) is 39.2 Å². The number of ether oxygens (including phenoxy) is 1. The van der Waals surface area contributed by atoms with Crippen molar-refractivity contribution >= 4 is 0 Å². The van der Waals surface area contributed by atoms with E-state index in [4.69, 9.17) is 4.74 Å². The molecule has 3 nitrogen and oxygen atoms in total. The van der Waals surface area contributed by atoms with E-state index in [2.05, 4.69) is 31.0 Å². The van der Waals surface area contributed by atoms with E-state index in [-0.39, 0.29) is 0 Å². The molecule has 0 saturated carbocycles. The van der Waals surface area contributed by atoms with Crippen LogP contribution >= 0.6 is 0 Å². The van der Waals surface area contributed by atoms with Crippen LogP contribution in [-0.2, 0) is 4.74 Å².